The van der Waals surface area contributed by atoms with Crippen LogP contribution in [0.2, 0.25) is 0 Å². The van der Waals surface area contributed by atoms with E-state index in [1.54, 1.807) is 12.4 Å². The van der Waals surface area contributed by atoms with Gasteiger partial charge in [-0.05, 0) is 12.1 Å². The molecule has 0 saturated heterocycles. The molecule has 1 aromatic heterocycles. The first-order valence-corrected chi connectivity index (χ1v) is 5.70. The minimum atomic E-state index is -0.595. The summed E-state index contributed by atoms with van der Waals surface area (Å²) in [5.74, 6) is 0.283. The third kappa shape index (κ3) is 2.91. The number of hydrogen-bond acceptors (Lipinski definition) is 5. The van der Waals surface area contributed by atoms with Gasteiger partial charge in [0, 0.05) is 24.0 Å². The zero-order valence-corrected chi connectivity index (χ0v) is 10.6. The summed E-state index contributed by atoms with van der Waals surface area (Å²) in [6.45, 7) is 0.214. The van der Waals surface area contributed by atoms with Crippen LogP contribution in [0.15, 0.2) is 30.6 Å². The van der Waals surface area contributed by atoms with Crippen LogP contribution in [0.4, 0.5) is 5.69 Å². The van der Waals surface area contributed by atoms with Crippen LogP contribution in [0, 0.1) is 10.1 Å². The SMILES string of the molecule is COc1ccc(C(=O)NCc2ncc[nH]2)cc1[N+](=O)[O-]. The second-order valence-electron chi connectivity index (χ2n) is 3.86. The van der Waals surface area contributed by atoms with Crippen molar-refractivity contribution >= 4 is 11.6 Å². The Kier molecular flexibility index (Phi) is 3.94. The summed E-state index contributed by atoms with van der Waals surface area (Å²) in [6.07, 6.45) is 3.21. The van der Waals surface area contributed by atoms with Gasteiger partial charge in [0.15, 0.2) is 5.75 Å². The Morgan fingerprint density at radius 2 is 2.35 bits per heavy atom. The molecule has 0 saturated carbocycles. The summed E-state index contributed by atoms with van der Waals surface area (Å²) in [5.41, 5.74) is -0.0674. The molecule has 104 valence electrons. The van der Waals surface area contributed by atoms with Gasteiger partial charge in [0.25, 0.3) is 5.91 Å². The summed E-state index contributed by atoms with van der Waals surface area (Å²) in [7, 11) is 1.33. The topological polar surface area (TPSA) is 110 Å². The maximum Gasteiger partial charge on any atom is 0.311 e. The normalized spacial score (nSPS) is 10.1. The van der Waals surface area contributed by atoms with Crippen molar-refractivity contribution in [3.63, 3.8) is 0 Å². The van der Waals surface area contributed by atoms with Crippen molar-refractivity contribution in [3.05, 3.63) is 52.1 Å². The molecular weight excluding hydrogens is 264 g/mol. The number of imidazole rings is 1. The predicted octanol–water partition coefficient (Wildman–Crippen LogP) is 1.26. The molecule has 1 aromatic carbocycles. The fraction of sp³-hybridized carbons (Fsp3) is 0.167. The van der Waals surface area contributed by atoms with Crippen molar-refractivity contribution in [2.24, 2.45) is 0 Å². The highest BCUT2D eigenvalue weighted by Crippen LogP contribution is 2.27. The number of ether oxygens (including phenoxy) is 1. The van der Waals surface area contributed by atoms with Crippen molar-refractivity contribution in [2.75, 3.05) is 7.11 Å². The van der Waals surface area contributed by atoms with E-state index < -0.39 is 10.8 Å². The highest BCUT2D eigenvalue weighted by atomic mass is 16.6. The van der Waals surface area contributed by atoms with Gasteiger partial charge in [0.1, 0.15) is 5.82 Å². The number of hydrogen-bond donors (Lipinski definition) is 2. The van der Waals surface area contributed by atoms with Crippen LogP contribution in [0.1, 0.15) is 16.2 Å². The molecule has 2 N–H and O–H groups in total. The first-order chi connectivity index (χ1) is 9.61. The van der Waals surface area contributed by atoms with Crippen molar-refractivity contribution < 1.29 is 14.5 Å². The zero-order chi connectivity index (χ0) is 14.5. The number of nitro groups is 1. The fourth-order valence-corrected chi connectivity index (χ4v) is 1.63. The van der Waals surface area contributed by atoms with E-state index in [4.69, 9.17) is 4.74 Å². The van der Waals surface area contributed by atoms with Crippen LogP contribution >= 0.6 is 0 Å². The van der Waals surface area contributed by atoms with Crippen LogP contribution < -0.4 is 10.1 Å². The number of benzene rings is 1. The lowest BCUT2D eigenvalue weighted by atomic mass is 10.1. The Morgan fingerprint density at radius 3 is 2.95 bits per heavy atom. The highest BCUT2D eigenvalue weighted by Gasteiger charge is 2.18. The lowest BCUT2D eigenvalue weighted by Gasteiger charge is -2.05. The minimum absolute atomic E-state index is 0.109. The quantitative estimate of drug-likeness (QED) is 0.631. The second-order valence-corrected chi connectivity index (χ2v) is 3.86. The van der Waals surface area contributed by atoms with E-state index in [1.807, 2.05) is 0 Å². The first-order valence-electron chi connectivity index (χ1n) is 5.70. The van der Waals surface area contributed by atoms with Crippen molar-refractivity contribution in [3.8, 4) is 5.75 Å². The van der Waals surface area contributed by atoms with E-state index in [0.717, 1.165) is 0 Å². The third-order valence-corrected chi connectivity index (χ3v) is 2.61. The predicted molar refractivity (Wildman–Crippen MR) is 69.4 cm³/mol. The molecule has 0 unspecified atom stereocenters. The van der Waals surface area contributed by atoms with Crippen LogP contribution in [0.25, 0.3) is 0 Å². The van der Waals surface area contributed by atoms with Gasteiger partial charge in [0.05, 0.1) is 18.6 Å². The molecule has 0 aliphatic carbocycles. The van der Waals surface area contributed by atoms with Crippen LogP contribution in [0.3, 0.4) is 0 Å². The maximum absolute atomic E-state index is 11.9. The molecule has 8 nitrogen and oxygen atoms in total. The molecule has 1 amide bonds. The van der Waals surface area contributed by atoms with Gasteiger partial charge in [-0.2, -0.15) is 0 Å². The molecule has 0 bridgehead atoms. The van der Waals surface area contributed by atoms with Crippen molar-refractivity contribution in [1.82, 2.24) is 15.3 Å². The van der Waals surface area contributed by atoms with Gasteiger partial charge < -0.3 is 15.0 Å². The van der Waals surface area contributed by atoms with E-state index in [2.05, 4.69) is 15.3 Å². The van der Waals surface area contributed by atoms with Crippen LogP contribution in [-0.4, -0.2) is 27.9 Å². The second kappa shape index (κ2) is 5.83. The van der Waals surface area contributed by atoms with Gasteiger partial charge in [-0.25, -0.2) is 4.98 Å². The van der Waals surface area contributed by atoms with Crippen molar-refractivity contribution in [2.45, 2.75) is 6.54 Å². The molecule has 1 heterocycles. The Hall–Kier alpha value is -2.90. The van der Waals surface area contributed by atoms with E-state index in [0.29, 0.717) is 5.82 Å². The molecular formula is C12H12N4O4. The zero-order valence-electron chi connectivity index (χ0n) is 10.6. The molecule has 0 fully saturated rings. The van der Waals surface area contributed by atoms with Crippen LogP contribution in [0.5, 0.6) is 5.75 Å². The molecule has 2 aromatic rings. The average Bonchev–Trinajstić information content (AvgIpc) is 2.97. The number of rotatable bonds is 5. The molecule has 8 heteroatoms. The van der Waals surface area contributed by atoms with Gasteiger partial charge in [-0.3, -0.25) is 14.9 Å². The number of nitrogens with zero attached hydrogens (tertiary/aromatic N) is 2. The molecule has 0 aliphatic rings. The largest absolute Gasteiger partial charge is 0.490 e. The van der Waals surface area contributed by atoms with Gasteiger partial charge in [-0.1, -0.05) is 0 Å². The number of H-pyrrole nitrogens is 1. The summed E-state index contributed by atoms with van der Waals surface area (Å²) in [6, 6.07) is 4.03. The molecule has 0 atom stereocenters. The number of methoxy groups -OCH3 is 1. The van der Waals surface area contributed by atoms with E-state index in [9.17, 15) is 14.9 Å². The third-order valence-electron chi connectivity index (χ3n) is 2.61. The van der Waals surface area contributed by atoms with Gasteiger partial charge in [-0.15, -0.1) is 0 Å². The summed E-state index contributed by atoms with van der Waals surface area (Å²) < 4.78 is 4.87. The van der Waals surface area contributed by atoms with Gasteiger partial charge >= 0.3 is 5.69 Å². The van der Waals surface area contributed by atoms with Gasteiger partial charge in [0.2, 0.25) is 0 Å². The Labute approximate surface area is 113 Å². The first kappa shape index (κ1) is 13.5. The number of aromatic nitrogens is 2. The Bertz CT molecular complexity index is 624. The fourth-order valence-electron chi connectivity index (χ4n) is 1.63. The smallest absolute Gasteiger partial charge is 0.311 e. The summed E-state index contributed by atoms with van der Waals surface area (Å²) in [5, 5.41) is 13.5. The number of nitrogens with one attached hydrogen (secondary N) is 2. The van der Waals surface area contributed by atoms with E-state index in [-0.39, 0.29) is 23.5 Å². The highest BCUT2D eigenvalue weighted by molar-refractivity contribution is 5.95. The maximum atomic E-state index is 11.9. The number of carbonyl (C=O) groups excluding carboxylic acids is 1. The molecule has 0 radical (unpaired) electrons. The number of nitro benzene ring substituents is 1. The number of aromatic amines is 1. The summed E-state index contributed by atoms with van der Waals surface area (Å²) >= 11 is 0. The number of amides is 1. The Morgan fingerprint density at radius 1 is 1.55 bits per heavy atom. The minimum Gasteiger partial charge on any atom is -0.490 e. The van der Waals surface area contributed by atoms with E-state index >= 15 is 0 Å². The van der Waals surface area contributed by atoms with Crippen molar-refractivity contribution in [1.29, 1.82) is 0 Å². The van der Waals surface area contributed by atoms with E-state index in [1.165, 1.54) is 25.3 Å². The summed E-state index contributed by atoms with van der Waals surface area (Å²) in [4.78, 5) is 29.0. The lowest BCUT2D eigenvalue weighted by molar-refractivity contribution is -0.385. The molecule has 2 rings (SSSR count). The standard InChI is InChI=1S/C12H12N4O4/c1-20-10-3-2-8(6-9(10)16(18)19)12(17)15-7-11-13-4-5-14-11/h2-6H,7H2,1H3,(H,13,14)(H,15,17). The lowest BCUT2D eigenvalue weighted by Crippen LogP contribution is -2.23. The monoisotopic (exact) mass is 276 g/mol. The Balaban J connectivity index is 2.13. The molecule has 20 heavy (non-hydrogen) atoms. The average molecular weight is 276 g/mol. The molecule has 0 aliphatic heterocycles. The number of carbonyl (C=O) groups is 1. The molecule has 0 spiro atoms. The van der Waals surface area contributed by atoms with Crippen LogP contribution in [-0.2, 0) is 6.54 Å².